The molecule has 0 unspecified atom stereocenters. The van der Waals surface area contributed by atoms with Crippen molar-refractivity contribution in [2.24, 2.45) is 0 Å². The molecule has 0 spiro atoms. The van der Waals surface area contributed by atoms with Gasteiger partial charge >= 0.3 is 0 Å². The number of aliphatic hydroxyl groups excluding tert-OH is 1. The van der Waals surface area contributed by atoms with Gasteiger partial charge in [-0.25, -0.2) is 0 Å². The lowest BCUT2D eigenvalue weighted by molar-refractivity contribution is -0.398. The first kappa shape index (κ1) is 61.3. The molecule has 85 heavy (non-hydrogen) atoms. The molecule has 0 amide bonds. The van der Waals surface area contributed by atoms with E-state index in [1.54, 1.807) is 0 Å². The minimum Gasteiger partial charge on any atom is -0.394 e. The predicted octanol–water partition coefficient (Wildman–Crippen LogP) is 11.3. The van der Waals surface area contributed by atoms with Crippen LogP contribution in [0.4, 0.5) is 0 Å². The fourth-order valence-electron chi connectivity index (χ4n) is 10.9. The van der Waals surface area contributed by atoms with E-state index in [1.807, 2.05) is 182 Å². The Hall–Kier alpha value is -6.76. The molecule has 10 rings (SSSR count). The second-order valence-electron chi connectivity index (χ2n) is 21.6. The Morgan fingerprint density at radius 1 is 0.424 bits per heavy atom. The summed E-state index contributed by atoms with van der Waals surface area (Å²) >= 11 is 0. The standard InChI is InChI=1S/C72H80N2O11/c75-43-44-76-54-65-66(78-49-59-31-15-4-16-32-59)68(80-51-61-35-19-6-20-36-61)69(81-52-62-37-21-7-22-38-62)71(83-65)85-72(55-77-48-58-29-13-3-14-30-58)70(82-53-63-39-23-8-24-40-63)67(79-50-60-33-17-5-18-34-60)64(84-72)47-74(46-57-27-11-2-12-28-57)42-41-73-45-56-25-9-1-10-26-56/h1-40,64-71,73,75H,41-55H2/t64-,65-,66-,67-,68+,69-,70+,71-,72+/m1/s1. The van der Waals surface area contributed by atoms with E-state index < -0.39 is 54.8 Å². The van der Waals surface area contributed by atoms with E-state index in [9.17, 15) is 5.11 Å². The highest BCUT2D eigenvalue weighted by Crippen LogP contribution is 2.43. The van der Waals surface area contributed by atoms with Crippen LogP contribution in [0.1, 0.15) is 44.5 Å². The Morgan fingerprint density at radius 3 is 1.32 bits per heavy atom. The first-order valence-electron chi connectivity index (χ1n) is 29.7. The monoisotopic (exact) mass is 1150 g/mol. The van der Waals surface area contributed by atoms with Crippen LogP contribution < -0.4 is 5.32 Å². The lowest BCUT2D eigenvalue weighted by Crippen LogP contribution is -2.65. The van der Waals surface area contributed by atoms with Gasteiger partial charge < -0.3 is 57.8 Å². The summed E-state index contributed by atoms with van der Waals surface area (Å²) in [5, 5.41) is 13.8. The number of rotatable bonds is 34. The lowest BCUT2D eigenvalue weighted by Gasteiger charge is -2.48. The quantitative estimate of drug-likeness (QED) is 0.0372. The maximum atomic E-state index is 10.1. The smallest absolute Gasteiger partial charge is 0.224 e. The number of hydrogen-bond acceptors (Lipinski definition) is 13. The normalized spacial score (nSPS) is 22.2. The molecule has 0 saturated carbocycles. The molecule has 2 heterocycles. The van der Waals surface area contributed by atoms with Crippen LogP contribution in [0.2, 0.25) is 0 Å². The maximum absolute atomic E-state index is 10.1. The fourth-order valence-corrected chi connectivity index (χ4v) is 10.9. The zero-order chi connectivity index (χ0) is 58.0. The van der Waals surface area contributed by atoms with Crippen LogP contribution in [0.3, 0.4) is 0 Å². The van der Waals surface area contributed by atoms with E-state index in [1.165, 1.54) is 5.56 Å². The van der Waals surface area contributed by atoms with E-state index in [-0.39, 0.29) is 66.1 Å². The third-order valence-corrected chi connectivity index (χ3v) is 15.2. The highest BCUT2D eigenvalue weighted by Gasteiger charge is 2.62. The summed E-state index contributed by atoms with van der Waals surface area (Å²) < 4.78 is 72.0. The van der Waals surface area contributed by atoms with Crippen molar-refractivity contribution < 1.29 is 52.5 Å². The highest BCUT2D eigenvalue weighted by molar-refractivity contribution is 5.20. The van der Waals surface area contributed by atoms with Crippen LogP contribution in [0.15, 0.2) is 243 Å². The molecule has 2 saturated heterocycles. The average molecular weight is 1150 g/mol. The van der Waals surface area contributed by atoms with Gasteiger partial charge in [-0.05, 0) is 44.5 Å². The summed E-state index contributed by atoms with van der Waals surface area (Å²) in [5.74, 6) is -1.74. The molecule has 2 aliphatic rings. The van der Waals surface area contributed by atoms with Gasteiger partial charge in [0.25, 0.3) is 0 Å². The summed E-state index contributed by atoms with van der Waals surface area (Å²) in [4.78, 5) is 2.41. The zero-order valence-corrected chi connectivity index (χ0v) is 48.3. The molecule has 0 aromatic heterocycles. The molecule has 0 radical (unpaired) electrons. The molecule has 444 valence electrons. The predicted molar refractivity (Wildman–Crippen MR) is 326 cm³/mol. The minimum absolute atomic E-state index is 0.0287. The van der Waals surface area contributed by atoms with Crippen LogP contribution in [-0.2, 0) is 100 Å². The molecule has 0 aliphatic carbocycles. The molecule has 9 atom stereocenters. The van der Waals surface area contributed by atoms with E-state index in [4.69, 9.17) is 47.4 Å². The number of aliphatic hydroxyl groups is 1. The molecule has 8 aromatic carbocycles. The van der Waals surface area contributed by atoms with Gasteiger partial charge in [0, 0.05) is 32.7 Å². The Kier molecular flexibility index (Phi) is 24.0. The summed E-state index contributed by atoms with van der Waals surface area (Å²) in [6.45, 7) is 4.31. The van der Waals surface area contributed by atoms with Crippen LogP contribution in [0.5, 0.6) is 0 Å². The van der Waals surface area contributed by atoms with Gasteiger partial charge in [-0.1, -0.05) is 243 Å². The Morgan fingerprint density at radius 2 is 0.835 bits per heavy atom. The van der Waals surface area contributed by atoms with Crippen LogP contribution in [-0.4, -0.2) is 111 Å². The van der Waals surface area contributed by atoms with Crippen molar-refractivity contribution >= 4 is 0 Å². The van der Waals surface area contributed by atoms with Crippen molar-refractivity contribution in [3.63, 3.8) is 0 Å². The summed E-state index contributed by atoms with van der Waals surface area (Å²) in [6, 6.07) is 81.3. The number of benzene rings is 8. The molecule has 0 bridgehead atoms. The number of hydrogen-bond donors (Lipinski definition) is 2. The van der Waals surface area contributed by atoms with Crippen molar-refractivity contribution in [3.05, 3.63) is 287 Å². The maximum Gasteiger partial charge on any atom is 0.224 e. The Bertz CT molecular complexity index is 3050. The van der Waals surface area contributed by atoms with Gasteiger partial charge in [0.2, 0.25) is 5.79 Å². The van der Waals surface area contributed by atoms with Gasteiger partial charge in [0.15, 0.2) is 6.29 Å². The summed E-state index contributed by atoms with van der Waals surface area (Å²) in [6.07, 6.45) is -6.93. The van der Waals surface area contributed by atoms with Crippen LogP contribution >= 0.6 is 0 Å². The molecule has 13 nitrogen and oxygen atoms in total. The van der Waals surface area contributed by atoms with E-state index in [0.717, 1.165) is 45.5 Å². The number of nitrogens with zero attached hydrogens (tertiary/aromatic N) is 1. The number of nitrogens with one attached hydrogen (secondary N) is 1. The van der Waals surface area contributed by atoms with E-state index >= 15 is 0 Å². The zero-order valence-electron chi connectivity index (χ0n) is 48.3. The molecule has 2 fully saturated rings. The van der Waals surface area contributed by atoms with Gasteiger partial charge in [-0.3, -0.25) is 4.90 Å². The van der Waals surface area contributed by atoms with Crippen molar-refractivity contribution in [1.82, 2.24) is 10.2 Å². The first-order chi connectivity index (χ1) is 42.1. The molecule has 2 N–H and O–H groups in total. The third-order valence-electron chi connectivity index (χ3n) is 15.2. The van der Waals surface area contributed by atoms with E-state index in [2.05, 4.69) is 70.9 Å². The van der Waals surface area contributed by atoms with Crippen molar-refractivity contribution in [3.8, 4) is 0 Å². The molecular weight excluding hydrogens is 1070 g/mol. The fraction of sp³-hybridized carbons (Fsp3) is 0.333. The molecular formula is C72H80N2O11. The minimum atomic E-state index is -1.74. The second kappa shape index (κ2) is 33.2. The second-order valence-corrected chi connectivity index (χ2v) is 21.6. The van der Waals surface area contributed by atoms with Gasteiger partial charge in [0.1, 0.15) is 49.3 Å². The van der Waals surface area contributed by atoms with Gasteiger partial charge in [0.05, 0.1) is 59.5 Å². The van der Waals surface area contributed by atoms with Crippen molar-refractivity contribution in [2.75, 3.05) is 46.1 Å². The van der Waals surface area contributed by atoms with Crippen molar-refractivity contribution in [2.45, 2.75) is 108 Å². The van der Waals surface area contributed by atoms with Gasteiger partial charge in [-0.15, -0.1) is 0 Å². The Balaban J connectivity index is 1.08. The largest absolute Gasteiger partial charge is 0.394 e. The topological polar surface area (TPSA) is 128 Å². The first-order valence-corrected chi connectivity index (χ1v) is 29.7. The molecule has 8 aromatic rings. The van der Waals surface area contributed by atoms with Crippen LogP contribution in [0, 0.1) is 0 Å². The lowest BCUT2D eigenvalue weighted by atomic mass is 9.97. The Labute approximate surface area is 501 Å². The third kappa shape index (κ3) is 18.6. The SMILES string of the molecule is OCCOC[C@H]1O[C@H](O[C@]2(COCc3ccccc3)O[C@H](CN(CCNCc3ccccc3)Cc3ccccc3)[C@@H](OCc3ccccc3)[C@@H]2OCc2ccccc2)[C@H](OCc2ccccc2)[C@@H](OCc2ccccc2)[C@@H]1OCc1ccccc1. The summed E-state index contributed by atoms with van der Waals surface area (Å²) in [5.41, 5.74) is 8.14. The number of ether oxygens (including phenoxy) is 10. The summed E-state index contributed by atoms with van der Waals surface area (Å²) in [7, 11) is 0. The highest BCUT2D eigenvalue weighted by atomic mass is 16.8. The van der Waals surface area contributed by atoms with Gasteiger partial charge in [-0.2, -0.15) is 0 Å². The van der Waals surface area contributed by atoms with E-state index in [0.29, 0.717) is 26.2 Å². The van der Waals surface area contributed by atoms with Crippen molar-refractivity contribution in [1.29, 1.82) is 0 Å². The molecule has 13 heteroatoms. The average Bonchev–Trinajstić information content (AvgIpc) is 2.93. The van der Waals surface area contributed by atoms with Crippen LogP contribution in [0.25, 0.3) is 0 Å². The molecule has 2 aliphatic heterocycles.